The van der Waals surface area contributed by atoms with Crippen LogP contribution in [-0.4, -0.2) is 40.8 Å². The SMILES string of the molecule is O=C(NC1CCCCC1)[C@@H]1CCCN(C(=O)c2ccc3[nH]ccc3c2)C1. The molecule has 1 saturated heterocycles. The maximum absolute atomic E-state index is 12.9. The number of hydrogen-bond donors (Lipinski definition) is 2. The normalized spacial score (nSPS) is 21.7. The second kappa shape index (κ2) is 7.52. The van der Waals surface area contributed by atoms with Gasteiger partial charge in [-0.1, -0.05) is 19.3 Å². The number of nitrogens with one attached hydrogen (secondary N) is 2. The van der Waals surface area contributed by atoms with Crippen LogP contribution in [0.1, 0.15) is 55.3 Å². The standard InChI is InChI=1S/C21H27N3O2/c25-20(23-18-6-2-1-3-7-18)17-5-4-12-24(14-17)21(26)16-8-9-19-15(13-16)10-11-22-19/h8-11,13,17-18,22H,1-7,12,14H2,(H,23,25)/t17-/m1/s1. The number of piperidine rings is 1. The van der Waals surface area contributed by atoms with Crippen molar-refractivity contribution in [2.24, 2.45) is 5.92 Å². The van der Waals surface area contributed by atoms with Gasteiger partial charge in [0, 0.05) is 41.8 Å². The minimum atomic E-state index is -0.0781. The Bertz CT molecular complexity index is 791. The van der Waals surface area contributed by atoms with Crippen LogP contribution in [0.5, 0.6) is 0 Å². The van der Waals surface area contributed by atoms with Gasteiger partial charge in [-0.2, -0.15) is 0 Å². The largest absolute Gasteiger partial charge is 0.361 e. The molecule has 2 amide bonds. The lowest BCUT2D eigenvalue weighted by Gasteiger charge is -2.33. The first-order chi connectivity index (χ1) is 12.7. The summed E-state index contributed by atoms with van der Waals surface area (Å²) in [5.74, 6) is 0.0874. The van der Waals surface area contributed by atoms with E-state index in [1.807, 2.05) is 35.4 Å². The molecule has 0 unspecified atom stereocenters. The highest BCUT2D eigenvalue weighted by atomic mass is 16.2. The van der Waals surface area contributed by atoms with Crippen LogP contribution in [0.15, 0.2) is 30.5 Å². The number of nitrogens with zero attached hydrogens (tertiary/aromatic N) is 1. The molecule has 1 aliphatic heterocycles. The van der Waals surface area contributed by atoms with Crippen molar-refractivity contribution in [2.45, 2.75) is 51.0 Å². The molecule has 2 aliphatic rings. The summed E-state index contributed by atoms with van der Waals surface area (Å²) in [5, 5.41) is 4.27. The van der Waals surface area contributed by atoms with E-state index in [9.17, 15) is 9.59 Å². The molecule has 2 fully saturated rings. The van der Waals surface area contributed by atoms with Crippen LogP contribution in [-0.2, 0) is 4.79 Å². The predicted octanol–water partition coefficient (Wildman–Crippen LogP) is 3.47. The Morgan fingerprint density at radius 1 is 1.04 bits per heavy atom. The summed E-state index contributed by atoms with van der Waals surface area (Å²) >= 11 is 0. The molecular weight excluding hydrogens is 326 g/mol. The summed E-state index contributed by atoms with van der Waals surface area (Å²) in [6, 6.07) is 8.05. The van der Waals surface area contributed by atoms with Crippen molar-refractivity contribution in [1.82, 2.24) is 15.2 Å². The van der Waals surface area contributed by atoms with Crippen LogP contribution < -0.4 is 5.32 Å². The third kappa shape index (κ3) is 3.62. The minimum absolute atomic E-state index is 0.0308. The first-order valence-corrected chi connectivity index (χ1v) is 9.87. The van der Waals surface area contributed by atoms with Crippen molar-refractivity contribution in [2.75, 3.05) is 13.1 Å². The quantitative estimate of drug-likeness (QED) is 0.887. The zero-order valence-electron chi connectivity index (χ0n) is 15.2. The highest BCUT2D eigenvalue weighted by Gasteiger charge is 2.30. The van der Waals surface area contributed by atoms with Crippen LogP contribution in [0.25, 0.3) is 10.9 Å². The smallest absolute Gasteiger partial charge is 0.253 e. The van der Waals surface area contributed by atoms with Crippen molar-refractivity contribution in [3.05, 3.63) is 36.0 Å². The van der Waals surface area contributed by atoms with Gasteiger partial charge < -0.3 is 15.2 Å². The van der Waals surface area contributed by atoms with Gasteiger partial charge >= 0.3 is 0 Å². The van der Waals surface area contributed by atoms with Gasteiger partial charge in [0.2, 0.25) is 5.91 Å². The van der Waals surface area contributed by atoms with E-state index in [0.717, 1.165) is 43.1 Å². The van der Waals surface area contributed by atoms with Gasteiger partial charge in [-0.15, -0.1) is 0 Å². The molecule has 5 nitrogen and oxygen atoms in total. The molecule has 1 aliphatic carbocycles. The second-order valence-corrected chi connectivity index (χ2v) is 7.71. The first kappa shape index (κ1) is 17.1. The van der Waals surface area contributed by atoms with E-state index in [1.54, 1.807) is 0 Å². The molecule has 1 atom stereocenters. The average molecular weight is 353 g/mol. The highest BCUT2D eigenvalue weighted by Crippen LogP contribution is 2.23. The van der Waals surface area contributed by atoms with E-state index < -0.39 is 0 Å². The molecule has 0 spiro atoms. The summed E-state index contributed by atoms with van der Waals surface area (Å²) in [6.07, 6.45) is 9.54. The number of aromatic nitrogens is 1. The second-order valence-electron chi connectivity index (χ2n) is 7.71. The fraction of sp³-hybridized carbons (Fsp3) is 0.524. The van der Waals surface area contributed by atoms with Crippen molar-refractivity contribution >= 4 is 22.7 Å². The molecule has 2 N–H and O–H groups in total. The molecule has 5 heteroatoms. The van der Waals surface area contributed by atoms with E-state index in [2.05, 4.69) is 10.3 Å². The topological polar surface area (TPSA) is 65.2 Å². The van der Waals surface area contributed by atoms with Gasteiger partial charge in [0.05, 0.1) is 5.92 Å². The number of likely N-dealkylation sites (tertiary alicyclic amines) is 1. The van der Waals surface area contributed by atoms with Crippen LogP contribution >= 0.6 is 0 Å². The van der Waals surface area contributed by atoms with E-state index in [-0.39, 0.29) is 17.7 Å². The Labute approximate surface area is 154 Å². The molecule has 1 aromatic carbocycles. The number of fused-ring (bicyclic) bond motifs is 1. The monoisotopic (exact) mass is 353 g/mol. The van der Waals surface area contributed by atoms with Gasteiger partial charge in [-0.3, -0.25) is 9.59 Å². The molecule has 1 saturated carbocycles. The van der Waals surface area contributed by atoms with E-state index in [0.29, 0.717) is 18.2 Å². The number of benzene rings is 1. The van der Waals surface area contributed by atoms with Gasteiger partial charge in [0.1, 0.15) is 0 Å². The molecule has 1 aromatic heterocycles. The third-order valence-electron chi connectivity index (χ3n) is 5.83. The lowest BCUT2D eigenvalue weighted by molar-refractivity contribution is -0.127. The fourth-order valence-electron chi connectivity index (χ4n) is 4.31. The van der Waals surface area contributed by atoms with Crippen LogP contribution in [0.4, 0.5) is 0 Å². The molecule has 0 bridgehead atoms. The summed E-state index contributed by atoms with van der Waals surface area (Å²) in [5.41, 5.74) is 1.73. The van der Waals surface area contributed by atoms with Crippen LogP contribution in [0, 0.1) is 5.92 Å². The maximum Gasteiger partial charge on any atom is 0.253 e. The number of rotatable bonds is 3. The molecule has 26 heavy (non-hydrogen) atoms. The Hall–Kier alpha value is -2.30. The van der Waals surface area contributed by atoms with Crippen molar-refractivity contribution < 1.29 is 9.59 Å². The lowest BCUT2D eigenvalue weighted by atomic mass is 9.92. The molecule has 2 aromatic rings. The number of H-pyrrole nitrogens is 1. The van der Waals surface area contributed by atoms with Crippen LogP contribution in [0.3, 0.4) is 0 Å². The number of hydrogen-bond acceptors (Lipinski definition) is 2. The Kier molecular flexibility index (Phi) is 4.96. The number of aromatic amines is 1. The van der Waals surface area contributed by atoms with E-state index >= 15 is 0 Å². The molecule has 138 valence electrons. The summed E-state index contributed by atoms with van der Waals surface area (Å²) in [6.45, 7) is 1.26. The van der Waals surface area contributed by atoms with E-state index in [4.69, 9.17) is 0 Å². The summed E-state index contributed by atoms with van der Waals surface area (Å²) in [4.78, 5) is 30.6. The zero-order valence-corrected chi connectivity index (χ0v) is 15.2. The molecule has 0 radical (unpaired) electrons. The number of carbonyl (C=O) groups is 2. The van der Waals surface area contributed by atoms with E-state index in [1.165, 1.54) is 19.3 Å². The number of amides is 2. The maximum atomic E-state index is 12.9. The fourth-order valence-corrected chi connectivity index (χ4v) is 4.31. The van der Waals surface area contributed by atoms with Crippen molar-refractivity contribution in [3.8, 4) is 0 Å². The van der Waals surface area contributed by atoms with Gasteiger partial charge in [0.15, 0.2) is 0 Å². The zero-order chi connectivity index (χ0) is 17.9. The molecule has 4 rings (SSSR count). The predicted molar refractivity (Wildman–Crippen MR) is 102 cm³/mol. The molecule has 2 heterocycles. The van der Waals surface area contributed by atoms with Gasteiger partial charge in [-0.25, -0.2) is 0 Å². The first-order valence-electron chi connectivity index (χ1n) is 9.87. The van der Waals surface area contributed by atoms with Crippen molar-refractivity contribution in [1.29, 1.82) is 0 Å². The molecular formula is C21H27N3O2. The van der Waals surface area contributed by atoms with Crippen molar-refractivity contribution in [3.63, 3.8) is 0 Å². The summed E-state index contributed by atoms with van der Waals surface area (Å²) < 4.78 is 0. The number of carbonyl (C=O) groups excluding carboxylic acids is 2. The Balaban J connectivity index is 1.40. The van der Waals surface area contributed by atoms with Crippen LogP contribution in [0.2, 0.25) is 0 Å². The lowest BCUT2D eigenvalue weighted by Crippen LogP contribution is -2.47. The minimum Gasteiger partial charge on any atom is -0.361 e. The highest BCUT2D eigenvalue weighted by molar-refractivity contribution is 5.98. The third-order valence-corrected chi connectivity index (χ3v) is 5.83. The van der Waals surface area contributed by atoms with Gasteiger partial charge in [0.25, 0.3) is 5.91 Å². The Morgan fingerprint density at radius 2 is 1.88 bits per heavy atom. The average Bonchev–Trinajstić information content (AvgIpc) is 3.16. The van der Waals surface area contributed by atoms with Gasteiger partial charge in [-0.05, 0) is 49.9 Å². The Morgan fingerprint density at radius 3 is 2.73 bits per heavy atom. The summed E-state index contributed by atoms with van der Waals surface area (Å²) in [7, 11) is 0.